The molecule has 1 N–H and O–H groups in total. The van der Waals surface area contributed by atoms with Crippen LogP contribution in [0.1, 0.15) is 18.1 Å². The molecule has 0 aliphatic carbocycles. The predicted molar refractivity (Wildman–Crippen MR) is 87.8 cm³/mol. The van der Waals surface area contributed by atoms with Crippen LogP contribution in [0.2, 0.25) is 0 Å². The largest absolute Gasteiger partial charge is 0.492 e. The first kappa shape index (κ1) is 17.7. The van der Waals surface area contributed by atoms with E-state index in [0.29, 0.717) is 23.6 Å². The van der Waals surface area contributed by atoms with E-state index in [1.807, 2.05) is 26.0 Å². The molecule has 1 amide bonds. The van der Waals surface area contributed by atoms with Gasteiger partial charge in [0.1, 0.15) is 11.5 Å². The van der Waals surface area contributed by atoms with Gasteiger partial charge in [-0.2, -0.15) is 8.78 Å². The Morgan fingerprint density at radius 2 is 1.88 bits per heavy atom. The number of rotatable bonds is 7. The molecule has 0 heterocycles. The Balaban J connectivity index is 2.00. The molecule has 0 aliphatic heterocycles. The number of hydrogen-bond donors (Lipinski definition) is 1. The zero-order valence-corrected chi connectivity index (χ0v) is 13.5. The van der Waals surface area contributed by atoms with Crippen LogP contribution in [0.25, 0.3) is 0 Å². The van der Waals surface area contributed by atoms with Gasteiger partial charge in [0.2, 0.25) is 5.91 Å². The molecule has 2 rings (SSSR count). The van der Waals surface area contributed by atoms with E-state index in [1.165, 1.54) is 12.1 Å². The Hall–Kier alpha value is -2.63. The van der Waals surface area contributed by atoms with Gasteiger partial charge in [0.15, 0.2) is 0 Å². The van der Waals surface area contributed by atoms with E-state index in [9.17, 15) is 13.6 Å². The van der Waals surface area contributed by atoms with Crippen LogP contribution >= 0.6 is 0 Å². The molecule has 6 heteroatoms. The molecule has 24 heavy (non-hydrogen) atoms. The first-order valence-electron chi connectivity index (χ1n) is 7.55. The van der Waals surface area contributed by atoms with Crippen molar-refractivity contribution in [1.29, 1.82) is 0 Å². The van der Waals surface area contributed by atoms with Gasteiger partial charge >= 0.3 is 6.61 Å². The minimum absolute atomic E-state index is 0.0614. The summed E-state index contributed by atoms with van der Waals surface area (Å²) in [5, 5.41) is 2.80. The van der Waals surface area contributed by atoms with Gasteiger partial charge in [0.05, 0.1) is 18.7 Å². The topological polar surface area (TPSA) is 47.6 Å². The van der Waals surface area contributed by atoms with Gasteiger partial charge in [-0.05, 0) is 49.2 Å². The number of benzene rings is 2. The van der Waals surface area contributed by atoms with Gasteiger partial charge in [-0.25, -0.2) is 0 Å². The molecule has 2 aromatic rings. The van der Waals surface area contributed by atoms with Gasteiger partial charge in [0, 0.05) is 0 Å². The van der Waals surface area contributed by atoms with E-state index in [0.717, 1.165) is 5.56 Å². The standard InChI is InChI=1S/C18H19F2NO3/c1-3-23-16-10-12(2)4-9-15(16)21-17(22)11-13-5-7-14(8-6-13)24-18(19)20/h4-10,18H,3,11H2,1-2H3,(H,21,22). The maximum Gasteiger partial charge on any atom is 0.387 e. The first-order chi connectivity index (χ1) is 11.5. The monoisotopic (exact) mass is 335 g/mol. The Kier molecular flexibility index (Phi) is 6.12. The summed E-state index contributed by atoms with van der Waals surface area (Å²) in [4.78, 5) is 12.2. The Morgan fingerprint density at radius 3 is 2.50 bits per heavy atom. The second-order valence-electron chi connectivity index (χ2n) is 5.18. The quantitative estimate of drug-likeness (QED) is 0.826. The Morgan fingerprint density at radius 1 is 1.17 bits per heavy atom. The normalized spacial score (nSPS) is 10.5. The SMILES string of the molecule is CCOc1cc(C)ccc1NC(=O)Cc1ccc(OC(F)F)cc1. The number of nitrogens with one attached hydrogen (secondary N) is 1. The molecular formula is C18H19F2NO3. The summed E-state index contributed by atoms with van der Waals surface area (Å²) in [6, 6.07) is 11.5. The van der Waals surface area contributed by atoms with Crippen molar-refractivity contribution >= 4 is 11.6 Å². The van der Waals surface area contributed by atoms with Gasteiger partial charge in [-0.3, -0.25) is 4.79 Å². The molecule has 4 nitrogen and oxygen atoms in total. The fourth-order valence-electron chi connectivity index (χ4n) is 2.18. The van der Waals surface area contributed by atoms with Crippen LogP contribution in [-0.4, -0.2) is 19.1 Å². The molecule has 0 aromatic heterocycles. The molecule has 0 spiro atoms. The minimum atomic E-state index is -2.86. The highest BCUT2D eigenvalue weighted by Crippen LogP contribution is 2.26. The third-order valence-corrected chi connectivity index (χ3v) is 3.22. The number of carbonyl (C=O) groups excluding carboxylic acids is 1. The van der Waals surface area contributed by atoms with E-state index < -0.39 is 6.61 Å². The third-order valence-electron chi connectivity index (χ3n) is 3.22. The molecule has 0 saturated carbocycles. The van der Waals surface area contributed by atoms with Gasteiger partial charge in [-0.1, -0.05) is 18.2 Å². The molecule has 0 atom stereocenters. The zero-order chi connectivity index (χ0) is 17.5. The molecule has 2 aromatic carbocycles. The summed E-state index contributed by atoms with van der Waals surface area (Å²) >= 11 is 0. The van der Waals surface area contributed by atoms with Crippen LogP contribution in [0.4, 0.5) is 14.5 Å². The minimum Gasteiger partial charge on any atom is -0.492 e. The summed E-state index contributed by atoms with van der Waals surface area (Å²) in [5.74, 6) is 0.459. The Bertz CT molecular complexity index is 687. The highest BCUT2D eigenvalue weighted by Gasteiger charge is 2.10. The van der Waals surface area contributed by atoms with Crippen molar-refractivity contribution in [3.8, 4) is 11.5 Å². The average molecular weight is 335 g/mol. The lowest BCUT2D eigenvalue weighted by atomic mass is 10.1. The number of alkyl halides is 2. The average Bonchev–Trinajstić information content (AvgIpc) is 2.52. The van der Waals surface area contributed by atoms with Crippen LogP contribution < -0.4 is 14.8 Å². The number of hydrogen-bond acceptors (Lipinski definition) is 3. The highest BCUT2D eigenvalue weighted by atomic mass is 19.3. The molecular weight excluding hydrogens is 316 g/mol. The number of halogens is 2. The molecule has 0 fully saturated rings. The van der Waals surface area contributed by atoms with Crippen molar-refractivity contribution in [2.24, 2.45) is 0 Å². The number of carbonyl (C=O) groups is 1. The maximum atomic E-state index is 12.2. The lowest BCUT2D eigenvalue weighted by Gasteiger charge is -2.12. The van der Waals surface area contributed by atoms with E-state index in [4.69, 9.17) is 4.74 Å². The number of aryl methyl sites for hydroxylation is 1. The summed E-state index contributed by atoms with van der Waals surface area (Å²) in [6.45, 7) is 1.45. The highest BCUT2D eigenvalue weighted by molar-refractivity contribution is 5.93. The van der Waals surface area contributed by atoms with Crippen LogP contribution in [0.5, 0.6) is 11.5 Å². The first-order valence-corrected chi connectivity index (χ1v) is 7.55. The van der Waals surface area contributed by atoms with Gasteiger partial charge < -0.3 is 14.8 Å². The lowest BCUT2D eigenvalue weighted by molar-refractivity contribution is -0.115. The molecule has 0 radical (unpaired) electrons. The van der Waals surface area contributed by atoms with Crippen LogP contribution in [-0.2, 0) is 11.2 Å². The third kappa shape index (κ3) is 5.22. The summed E-state index contributed by atoms with van der Waals surface area (Å²) in [7, 11) is 0. The van der Waals surface area contributed by atoms with Crippen molar-refractivity contribution in [2.45, 2.75) is 26.9 Å². The molecule has 0 aliphatic rings. The number of ether oxygens (including phenoxy) is 2. The Labute approximate surface area is 139 Å². The fraction of sp³-hybridized carbons (Fsp3) is 0.278. The van der Waals surface area contributed by atoms with Crippen molar-refractivity contribution in [3.05, 3.63) is 53.6 Å². The van der Waals surface area contributed by atoms with Crippen LogP contribution in [0, 0.1) is 6.92 Å². The summed E-state index contributed by atoms with van der Waals surface area (Å²) < 4.78 is 34.0. The van der Waals surface area contributed by atoms with Crippen molar-refractivity contribution < 1.29 is 23.0 Å². The lowest BCUT2D eigenvalue weighted by Crippen LogP contribution is -2.15. The van der Waals surface area contributed by atoms with Crippen molar-refractivity contribution in [3.63, 3.8) is 0 Å². The maximum absolute atomic E-state index is 12.2. The number of amides is 1. The van der Waals surface area contributed by atoms with Crippen molar-refractivity contribution in [1.82, 2.24) is 0 Å². The van der Waals surface area contributed by atoms with Crippen LogP contribution in [0.15, 0.2) is 42.5 Å². The van der Waals surface area contributed by atoms with E-state index >= 15 is 0 Å². The predicted octanol–water partition coefficient (Wildman–Crippen LogP) is 4.18. The second kappa shape index (κ2) is 8.29. The molecule has 0 saturated heterocycles. The number of anilines is 1. The smallest absolute Gasteiger partial charge is 0.387 e. The second-order valence-corrected chi connectivity index (χ2v) is 5.18. The van der Waals surface area contributed by atoms with E-state index in [2.05, 4.69) is 10.1 Å². The molecule has 128 valence electrons. The summed E-state index contributed by atoms with van der Waals surface area (Å²) in [6.07, 6.45) is 0.119. The zero-order valence-electron chi connectivity index (χ0n) is 13.5. The van der Waals surface area contributed by atoms with Crippen LogP contribution in [0.3, 0.4) is 0 Å². The molecule has 0 bridgehead atoms. The van der Waals surface area contributed by atoms with E-state index in [1.54, 1.807) is 18.2 Å². The van der Waals surface area contributed by atoms with Gasteiger partial charge in [0.25, 0.3) is 0 Å². The summed E-state index contributed by atoms with van der Waals surface area (Å²) in [5.41, 5.74) is 2.33. The van der Waals surface area contributed by atoms with E-state index in [-0.39, 0.29) is 18.1 Å². The fourth-order valence-corrected chi connectivity index (χ4v) is 2.18. The molecule has 0 unspecified atom stereocenters. The van der Waals surface area contributed by atoms with Crippen molar-refractivity contribution in [2.75, 3.05) is 11.9 Å². The van der Waals surface area contributed by atoms with Gasteiger partial charge in [-0.15, -0.1) is 0 Å².